The van der Waals surface area contributed by atoms with Gasteiger partial charge in [0, 0.05) is 24.5 Å². The second-order valence-electron chi connectivity index (χ2n) is 7.20. The first-order chi connectivity index (χ1) is 12.3. The highest BCUT2D eigenvalue weighted by Gasteiger charge is 2.34. The van der Waals surface area contributed by atoms with Crippen LogP contribution < -0.4 is 4.74 Å². The number of morpholine rings is 1. The van der Waals surface area contributed by atoms with Crippen LogP contribution in [0.2, 0.25) is 0 Å². The minimum atomic E-state index is -0.486. The van der Waals surface area contributed by atoms with Crippen LogP contribution in [0.1, 0.15) is 25.7 Å². The molecule has 1 saturated carbocycles. The van der Waals surface area contributed by atoms with Crippen molar-refractivity contribution in [2.45, 2.75) is 43.9 Å². The van der Waals surface area contributed by atoms with E-state index >= 15 is 0 Å². The maximum absolute atomic E-state index is 10.5. The number of benzene rings is 2. The summed E-state index contributed by atoms with van der Waals surface area (Å²) in [5.74, 6) is 0.842. The van der Waals surface area contributed by atoms with E-state index < -0.39 is 6.10 Å². The summed E-state index contributed by atoms with van der Waals surface area (Å²) in [7, 11) is 0. The van der Waals surface area contributed by atoms with Gasteiger partial charge in [0.2, 0.25) is 0 Å². The molecule has 1 aliphatic carbocycles. The zero-order chi connectivity index (χ0) is 17.1. The van der Waals surface area contributed by atoms with E-state index in [-0.39, 0.29) is 0 Å². The van der Waals surface area contributed by atoms with Gasteiger partial charge in [-0.25, -0.2) is 0 Å². The Morgan fingerprint density at radius 1 is 1.12 bits per heavy atom. The molecule has 134 valence electrons. The highest BCUT2D eigenvalue weighted by Crippen LogP contribution is 2.29. The van der Waals surface area contributed by atoms with Gasteiger partial charge in [-0.3, -0.25) is 4.90 Å². The first kappa shape index (κ1) is 16.8. The Hall–Kier alpha value is -1.62. The van der Waals surface area contributed by atoms with Crippen LogP contribution in [-0.2, 0) is 4.74 Å². The summed E-state index contributed by atoms with van der Waals surface area (Å²) in [4.78, 5) is 2.41. The summed E-state index contributed by atoms with van der Waals surface area (Å²) in [5.41, 5.74) is 0. The lowest BCUT2D eigenvalue weighted by Crippen LogP contribution is -2.55. The summed E-state index contributed by atoms with van der Waals surface area (Å²) in [5, 5.41) is 12.8. The van der Waals surface area contributed by atoms with Crippen LogP contribution in [0.3, 0.4) is 0 Å². The average Bonchev–Trinajstić information content (AvgIpc) is 2.66. The Morgan fingerprint density at radius 3 is 2.92 bits per heavy atom. The molecule has 0 bridgehead atoms. The fourth-order valence-electron chi connectivity index (χ4n) is 4.23. The first-order valence-electron chi connectivity index (χ1n) is 9.45. The second kappa shape index (κ2) is 7.73. The zero-order valence-corrected chi connectivity index (χ0v) is 14.6. The number of aliphatic hydroxyl groups excluding tert-OH is 1. The zero-order valence-electron chi connectivity index (χ0n) is 14.6. The molecule has 4 heteroatoms. The highest BCUT2D eigenvalue weighted by atomic mass is 16.5. The van der Waals surface area contributed by atoms with Gasteiger partial charge >= 0.3 is 0 Å². The smallest absolute Gasteiger partial charge is 0.127 e. The lowest BCUT2D eigenvalue weighted by molar-refractivity contribution is -0.0992. The molecule has 0 aromatic heterocycles. The van der Waals surface area contributed by atoms with E-state index in [0.717, 1.165) is 36.1 Å². The Morgan fingerprint density at radius 2 is 1.96 bits per heavy atom. The van der Waals surface area contributed by atoms with Crippen molar-refractivity contribution in [2.75, 3.05) is 26.3 Å². The number of fused-ring (bicyclic) bond motifs is 2. The van der Waals surface area contributed by atoms with Gasteiger partial charge in [-0.05, 0) is 24.3 Å². The van der Waals surface area contributed by atoms with E-state index in [4.69, 9.17) is 9.47 Å². The number of rotatable bonds is 5. The molecule has 4 rings (SSSR count). The second-order valence-corrected chi connectivity index (χ2v) is 7.20. The number of ether oxygens (including phenoxy) is 2. The molecule has 1 aliphatic heterocycles. The van der Waals surface area contributed by atoms with E-state index in [0.29, 0.717) is 25.3 Å². The largest absolute Gasteiger partial charge is 0.490 e. The van der Waals surface area contributed by atoms with Gasteiger partial charge in [0.25, 0.3) is 0 Å². The molecule has 0 amide bonds. The average molecular weight is 341 g/mol. The van der Waals surface area contributed by atoms with Crippen molar-refractivity contribution < 1.29 is 14.6 Å². The third kappa shape index (κ3) is 3.81. The highest BCUT2D eigenvalue weighted by molar-refractivity contribution is 5.88. The van der Waals surface area contributed by atoms with Gasteiger partial charge in [-0.1, -0.05) is 49.2 Å². The number of β-amino-alcohol motifs (C(OH)–C–C–N with tert-alkyl or cyclic N) is 1. The summed E-state index contributed by atoms with van der Waals surface area (Å²) in [6.45, 7) is 2.67. The SMILES string of the molecule is O[C@H](COc1cccc2ccccc12)CN1CCO[C@@H]2CCCC[C@@H]21. The summed E-state index contributed by atoms with van der Waals surface area (Å²) in [6.07, 6.45) is 4.74. The maximum Gasteiger partial charge on any atom is 0.127 e. The van der Waals surface area contributed by atoms with E-state index in [1.165, 1.54) is 19.3 Å². The van der Waals surface area contributed by atoms with E-state index in [2.05, 4.69) is 23.1 Å². The van der Waals surface area contributed by atoms with Crippen LogP contribution in [0.4, 0.5) is 0 Å². The Labute approximate surface area is 149 Å². The fraction of sp³-hybridized carbons (Fsp3) is 0.524. The molecule has 25 heavy (non-hydrogen) atoms. The van der Waals surface area contributed by atoms with Gasteiger partial charge in [-0.2, -0.15) is 0 Å². The minimum Gasteiger partial charge on any atom is -0.490 e. The van der Waals surface area contributed by atoms with Crippen molar-refractivity contribution in [1.29, 1.82) is 0 Å². The van der Waals surface area contributed by atoms with Gasteiger partial charge < -0.3 is 14.6 Å². The van der Waals surface area contributed by atoms with E-state index in [1.807, 2.05) is 24.3 Å². The van der Waals surface area contributed by atoms with Gasteiger partial charge in [0.15, 0.2) is 0 Å². The minimum absolute atomic E-state index is 0.322. The maximum atomic E-state index is 10.5. The van der Waals surface area contributed by atoms with E-state index in [1.54, 1.807) is 0 Å². The molecular weight excluding hydrogens is 314 g/mol. The molecule has 2 aromatic rings. The molecule has 2 fully saturated rings. The van der Waals surface area contributed by atoms with Crippen LogP contribution >= 0.6 is 0 Å². The number of hydrogen-bond donors (Lipinski definition) is 1. The topological polar surface area (TPSA) is 41.9 Å². The first-order valence-corrected chi connectivity index (χ1v) is 9.45. The Kier molecular flexibility index (Phi) is 5.20. The van der Waals surface area contributed by atoms with Crippen molar-refractivity contribution in [2.24, 2.45) is 0 Å². The van der Waals surface area contributed by atoms with Crippen molar-refractivity contribution >= 4 is 10.8 Å². The van der Waals surface area contributed by atoms with Crippen molar-refractivity contribution in [3.05, 3.63) is 42.5 Å². The van der Waals surface area contributed by atoms with Crippen molar-refractivity contribution in [3.8, 4) is 5.75 Å². The van der Waals surface area contributed by atoms with Crippen LogP contribution in [0, 0.1) is 0 Å². The summed E-state index contributed by atoms with van der Waals surface area (Å²) >= 11 is 0. The van der Waals surface area contributed by atoms with Gasteiger partial charge in [0.05, 0.1) is 12.7 Å². The molecule has 2 aliphatic rings. The standard InChI is InChI=1S/C21H27NO3/c23-17(14-22-12-13-24-21-10-4-3-9-19(21)22)15-25-20-11-5-7-16-6-1-2-8-18(16)20/h1-2,5-8,11,17,19,21,23H,3-4,9-10,12-15H2/t17-,19-,21+/m0/s1. The van der Waals surface area contributed by atoms with Crippen LogP contribution in [0.5, 0.6) is 5.75 Å². The van der Waals surface area contributed by atoms with Crippen LogP contribution in [0.15, 0.2) is 42.5 Å². The molecule has 4 nitrogen and oxygen atoms in total. The lowest BCUT2D eigenvalue weighted by atomic mass is 9.90. The summed E-state index contributed by atoms with van der Waals surface area (Å²) < 4.78 is 11.9. The quantitative estimate of drug-likeness (QED) is 0.907. The molecule has 1 N–H and O–H groups in total. The lowest BCUT2D eigenvalue weighted by Gasteiger charge is -2.44. The van der Waals surface area contributed by atoms with Gasteiger partial charge in [-0.15, -0.1) is 0 Å². The van der Waals surface area contributed by atoms with Crippen molar-refractivity contribution in [3.63, 3.8) is 0 Å². The Bertz CT molecular complexity index is 697. The summed E-state index contributed by atoms with van der Waals surface area (Å²) in [6, 6.07) is 14.7. The number of hydrogen-bond acceptors (Lipinski definition) is 4. The molecule has 1 saturated heterocycles. The molecule has 3 atom stereocenters. The number of nitrogens with zero attached hydrogens (tertiary/aromatic N) is 1. The molecule has 1 heterocycles. The molecular formula is C21H27NO3. The molecule has 0 spiro atoms. The normalized spacial score (nSPS) is 25.5. The number of aliphatic hydroxyl groups is 1. The van der Waals surface area contributed by atoms with Crippen LogP contribution in [0.25, 0.3) is 10.8 Å². The predicted molar refractivity (Wildman–Crippen MR) is 99.0 cm³/mol. The fourth-order valence-corrected chi connectivity index (χ4v) is 4.23. The monoisotopic (exact) mass is 341 g/mol. The molecule has 2 aromatic carbocycles. The van der Waals surface area contributed by atoms with Crippen molar-refractivity contribution in [1.82, 2.24) is 4.90 Å². The molecule has 0 radical (unpaired) electrons. The Balaban J connectivity index is 1.36. The molecule has 0 unspecified atom stereocenters. The van der Waals surface area contributed by atoms with Gasteiger partial charge in [0.1, 0.15) is 18.5 Å². The van der Waals surface area contributed by atoms with E-state index in [9.17, 15) is 5.11 Å². The van der Waals surface area contributed by atoms with Crippen LogP contribution in [-0.4, -0.2) is 54.6 Å². The third-order valence-electron chi connectivity index (χ3n) is 5.47. The third-order valence-corrected chi connectivity index (χ3v) is 5.47. The predicted octanol–water partition coefficient (Wildman–Crippen LogP) is 3.22.